The minimum absolute atomic E-state index is 0.0885. The first-order chi connectivity index (χ1) is 21.4. The van der Waals surface area contributed by atoms with Crippen LogP contribution in [0.2, 0.25) is 0 Å². The molecule has 4 aliphatic rings. The van der Waals surface area contributed by atoms with Crippen molar-refractivity contribution in [3.8, 4) is 0 Å². The lowest BCUT2D eigenvalue weighted by molar-refractivity contribution is -0.220. The quantitative estimate of drug-likeness (QED) is 0.125. The molecule has 7 heteroatoms. The zero-order valence-corrected chi connectivity index (χ0v) is 28.4. The highest BCUT2D eigenvalue weighted by Crippen LogP contribution is 2.70. The van der Waals surface area contributed by atoms with Crippen LogP contribution < -0.4 is 0 Å². The van der Waals surface area contributed by atoms with Crippen LogP contribution in [0.25, 0.3) is 0 Å². The number of ketones is 2. The van der Waals surface area contributed by atoms with E-state index in [1.807, 2.05) is 0 Å². The van der Waals surface area contributed by atoms with Gasteiger partial charge in [-0.25, -0.2) is 4.39 Å². The molecule has 2 unspecified atom stereocenters. The summed E-state index contributed by atoms with van der Waals surface area (Å²) < 4.78 is 22.7. The van der Waals surface area contributed by atoms with Gasteiger partial charge in [-0.05, 0) is 63.0 Å². The molecule has 0 spiro atoms. The molecule has 0 aromatic rings. The third-order valence-electron chi connectivity index (χ3n) is 12.5. The van der Waals surface area contributed by atoms with Gasteiger partial charge in [0.2, 0.25) is 5.78 Å². The van der Waals surface area contributed by atoms with Gasteiger partial charge in [0, 0.05) is 23.2 Å². The highest BCUT2D eigenvalue weighted by molar-refractivity contribution is 6.01. The molecular formula is C38H59FO6. The zero-order valence-electron chi connectivity index (χ0n) is 28.4. The van der Waals surface area contributed by atoms with Gasteiger partial charge in [0.05, 0.1) is 6.10 Å². The maximum absolute atomic E-state index is 17.3. The summed E-state index contributed by atoms with van der Waals surface area (Å²) in [6.45, 7) is 7.08. The van der Waals surface area contributed by atoms with E-state index in [-0.39, 0.29) is 24.5 Å². The van der Waals surface area contributed by atoms with Gasteiger partial charge in [-0.15, -0.1) is 0 Å². The average Bonchev–Trinajstić information content (AvgIpc) is 3.20. The lowest BCUT2D eigenvalue weighted by Gasteiger charge is -2.62. The fraction of sp³-hybridized carbons (Fsp3) is 0.816. The lowest BCUT2D eigenvalue weighted by Crippen LogP contribution is -2.69. The molecule has 3 saturated carbocycles. The molecule has 6 nitrogen and oxygen atoms in total. The fourth-order valence-electron chi connectivity index (χ4n) is 9.76. The SMILES string of the molecule is CCCCCCCCCCCCCCCC(=O)OCC(=O)[C@@]1(O)[C@H](C)C[C@H]2[C@@H]3CCC4=CC(=O)C=CC4(C)[C@@]3(F)[C@@H](O)CC21C. The van der Waals surface area contributed by atoms with Crippen LogP contribution in [0.5, 0.6) is 0 Å². The van der Waals surface area contributed by atoms with Gasteiger partial charge in [-0.1, -0.05) is 109 Å². The van der Waals surface area contributed by atoms with Crippen molar-refractivity contribution in [3.05, 3.63) is 23.8 Å². The number of rotatable bonds is 17. The second kappa shape index (κ2) is 14.9. The van der Waals surface area contributed by atoms with Crippen LogP contribution >= 0.6 is 0 Å². The maximum atomic E-state index is 17.3. The van der Waals surface area contributed by atoms with Crippen LogP contribution in [0, 0.1) is 28.6 Å². The van der Waals surface area contributed by atoms with Crippen LogP contribution in [0.1, 0.15) is 143 Å². The van der Waals surface area contributed by atoms with Gasteiger partial charge in [-0.2, -0.15) is 0 Å². The Balaban J connectivity index is 1.24. The topological polar surface area (TPSA) is 101 Å². The molecular weight excluding hydrogens is 571 g/mol. The largest absolute Gasteiger partial charge is 0.458 e. The van der Waals surface area contributed by atoms with E-state index in [0.29, 0.717) is 31.3 Å². The van der Waals surface area contributed by atoms with E-state index in [0.717, 1.165) is 12.8 Å². The molecule has 2 N–H and O–H groups in total. The molecule has 45 heavy (non-hydrogen) atoms. The summed E-state index contributed by atoms with van der Waals surface area (Å²) >= 11 is 0. The van der Waals surface area contributed by atoms with Crippen molar-refractivity contribution in [2.75, 3.05) is 6.61 Å². The molecule has 0 amide bonds. The second-order valence-corrected chi connectivity index (χ2v) is 15.2. The van der Waals surface area contributed by atoms with E-state index in [2.05, 4.69) is 6.92 Å². The first-order valence-electron chi connectivity index (χ1n) is 18.1. The van der Waals surface area contributed by atoms with Gasteiger partial charge < -0.3 is 14.9 Å². The number of hydrogen-bond acceptors (Lipinski definition) is 6. The van der Waals surface area contributed by atoms with Crippen molar-refractivity contribution in [2.24, 2.45) is 28.6 Å². The molecule has 0 bridgehead atoms. The Labute approximate surface area is 270 Å². The third kappa shape index (κ3) is 6.77. The monoisotopic (exact) mass is 630 g/mol. The Morgan fingerprint density at radius 3 is 2.13 bits per heavy atom. The van der Waals surface area contributed by atoms with Gasteiger partial charge in [0.25, 0.3) is 0 Å². The van der Waals surface area contributed by atoms with E-state index >= 15 is 4.39 Å². The summed E-state index contributed by atoms with van der Waals surface area (Å²) in [5, 5.41) is 23.6. The molecule has 3 fully saturated rings. The highest BCUT2D eigenvalue weighted by Gasteiger charge is 2.75. The van der Waals surface area contributed by atoms with E-state index in [9.17, 15) is 24.6 Å². The molecule has 0 aromatic carbocycles. The van der Waals surface area contributed by atoms with Crippen molar-refractivity contribution in [2.45, 2.75) is 161 Å². The number of fused-ring (bicyclic) bond motifs is 5. The number of aliphatic hydroxyl groups is 2. The normalized spacial score (nSPS) is 37.0. The zero-order chi connectivity index (χ0) is 32.9. The summed E-state index contributed by atoms with van der Waals surface area (Å²) in [7, 11) is 0. The predicted molar refractivity (Wildman–Crippen MR) is 174 cm³/mol. The standard InChI is InChI=1S/C38H59FO6/c1-5-6-7-8-9-10-11-12-13-14-15-16-17-18-34(43)45-26-33(42)38(44)27(2)23-31-30-20-19-28-24-29(40)21-22-35(28,3)37(30,39)32(41)25-36(31,38)4/h21-22,24,27,30-32,41,44H,5-20,23,25-26H2,1-4H3/t27-,30+,31+,32+,35?,36?,37+,38+/m1/s1. The number of hydrogen-bond donors (Lipinski definition) is 2. The molecule has 4 rings (SSSR count). The number of Topliss-reactive ketones (excluding diaryl/α,β-unsaturated/α-hetero) is 1. The Kier molecular flexibility index (Phi) is 11.9. The van der Waals surface area contributed by atoms with Crippen LogP contribution in [-0.2, 0) is 19.1 Å². The summed E-state index contributed by atoms with van der Waals surface area (Å²) in [6, 6.07) is 0. The average molecular weight is 631 g/mol. The summed E-state index contributed by atoms with van der Waals surface area (Å²) in [4.78, 5) is 38.2. The molecule has 0 heterocycles. The number of allylic oxidation sites excluding steroid dienone is 4. The Morgan fingerprint density at radius 1 is 0.956 bits per heavy atom. The van der Waals surface area contributed by atoms with Crippen molar-refractivity contribution >= 4 is 17.5 Å². The van der Waals surface area contributed by atoms with Gasteiger partial charge >= 0.3 is 5.97 Å². The van der Waals surface area contributed by atoms with Crippen molar-refractivity contribution < 1.29 is 33.7 Å². The van der Waals surface area contributed by atoms with E-state index < -0.39 is 58.4 Å². The number of unbranched alkanes of at least 4 members (excludes halogenated alkanes) is 12. The van der Waals surface area contributed by atoms with Crippen LogP contribution in [0.15, 0.2) is 23.8 Å². The van der Waals surface area contributed by atoms with Crippen LogP contribution in [0.4, 0.5) is 4.39 Å². The van der Waals surface area contributed by atoms with Gasteiger partial charge in [-0.3, -0.25) is 14.4 Å². The van der Waals surface area contributed by atoms with Crippen LogP contribution in [0.3, 0.4) is 0 Å². The molecule has 254 valence electrons. The molecule has 8 atom stereocenters. The number of carbonyl (C=O) groups is 3. The number of carbonyl (C=O) groups excluding carboxylic acids is 3. The number of halogens is 1. The van der Waals surface area contributed by atoms with Crippen molar-refractivity contribution in [3.63, 3.8) is 0 Å². The molecule has 0 saturated heterocycles. The van der Waals surface area contributed by atoms with Crippen molar-refractivity contribution in [1.82, 2.24) is 0 Å². The van der Waals surface area contributed by atoms with E-state index in [1.165, 1.54) is 76.4 Å². The number of alkyl halides is 1. The van der Waals surface area contributed by atoms with Crippen molar-refractivity contribution in [1.29, 1.82) is 0 Å². The van der Waals surface area contributed by atoms with E-state index in [1.54, 1.807) is 26.8 Å². The number of esters is 1. The minimum atomic E-state index is -2.02. The van der Waals surface area contributed by atoms with E-state index in [4.69, 9.17) is 4.74 Å². The van der Waals surface area contributed by atoms with Crippen LogP contribution in [-0.4, -0.2) is 51.7 Å². The number of aliphatic hydroxyl groups excluding tert-OH is 1. The Hall–Kier alpha value is -1.86. The minimum Gasteiger partial charge on any atom is -0.458 e. The van der Waals surface area contributed by atoms with Gasteiger partial charge in [0.1, 0.15) is 5.60 Å². The molecule has 0 aromatic heterocycles. The Morgan fingerprint density at radius 2 is 1.53 bits per heavy atom. The summed E-state index contributed by atoms with van der Waals surface area (Å²) in [5.74, 6) is -2.59. The maximum Gasteiger partial charge on any atom is 0.306 e. The first-order valence-corrected chi connectivity index (χ1v) is 18.1. The second-order valence-electron chi connectivity index (χ2n) is 15.2. The Bertz CT molecular complexity index is 1130. The lowest BCUT2D eigenvalue weighted by atomic mass is 9.44. The number of ether oxygens (including phenoxy) is 1. The summed E-state index contributed by atoms with van der Waals surface area (Å²) in [5.41, 5.74) is -5.36. The molecule has 4 aliphatic carbocycles. The first kappa shape index (κ1) is 36.0. The third-order valence-corrected chi connectivity index (χ3v) is 12.5. The van der Waals surface area contributed by atoms with Gasteiger partial charge in [0.15, 0.2) is 18.1 Å². The molecule has 0 radical (unpaired) electrons. The summed E-state index contributed by atoms with van der Waals surface area (Å²) in [6.07, 6.45) is 20.4. The molecule has 0 aliphatic heterocycles. The predicted octanol–water partition coefficient (Wildman–Crippen LogP) is 7.93. The highest BCUT2D eigenvalue weighted by atomic mass is 19.1. The fourth-order valence-corrected chi connectivity index (χ4v) is 9.76. The smallest absolute Gasteiger partial charge is 0.306 e.